The molecule has 2 aromatic carbocycles. The lowest BCUT2D eigenvalue weighted by Crippen LogP contribution is -2.27. The van der Waals surface area contributed by atoms with Crippen molar-refractivity contribution in [3.8, 4) is 0 Å². The van der Waals surface area contributed by atoms with Gasteiger partial charge in [0.05, 0.1) is 0 Å². The Morgan fingerprint density at radius 2 is 1.93 bits per heavy atom. The van der Waals surface area contributed by atoms with E-state index >= 15 is 0 Å². The van der Waals surface area contributed by atoms with Crippen molar-refractivity contribution in [1.82, 2.24) is 20.3 Å². The number of aromatic nitrogens is 3. The van der Waals surface area contributed by atoms with Crippen LogP contribution in [-0.2, 0) is 17.8 Å². The molecule has 0 aliphatic heterocycles. The second kappa shape index (κ2) is 9.20. The van der Waals surface area contributed by atoms with E-state index in [4.69, 9.17) is 17.3 Å². The van der Waals surface area contributed by atoms with Gasteiger partial charge in [0, 0.05) is 17.3 Å². The fourth-order valence-corrected chi connectivity index (χ4v) is 2.87. The maximum Gasteiger partial charge on any atom is 0.275 e. The van der Waals surface area contributed by atoms with Gasteiger partial charge in [-0.15, -0.1) is 5.10 Å². The molecule has 0 saturated carbocycles. The lowest BCUT2D eigenvalue weighted by atomic mass is 10.1. The largest absolute Gasteiger partial charge is 0.382 e. The van der Waals surface area contributed by atoms with Crippen LogP contribution < -0.4 is 16.4 Å². The summed E-state index contributed by atoms with van der Waals surface area (Å²) in [6.07, 6.45) is 0.683. The van der Waals surface area contributed by atoms with Gasteiger partial charge in [0.2, 0.25) is 5.91 Å². The van der Waals surface area contributed by atoms with Gasteiger partial charge in [-0.1, -0.05) is 53.2 Å². The lowest BCUT2D eigenvalue weighted by Gasteiger charge is -2.09. The molecule has 0 spiro atoms. The van der Waals surface area contributed by atoms with Crippen molar-refractivity contribution in [3.05, 3.63) is 70.4 Å². The van der Waals surface area contributed by atoms with Gasteiger partial charge >= 0.3 is 0 Å². The van der Waals surface area contributed by atoms with Crippen molar-refractivity contribution in [2.75, 3.05) is 17.6 Å². The standard InChI is InChI=1S/C20H21ClN6O2/c1-13-7-8-15(21)11-16(13)24-17(28)12-27-19(22)18(25-26-27)20(29)23-10-9-14-5-3-2-4-6-14/h2-8,11H,9-10,12,22H2,1H3,(H,23,29)(H,24,28). The first-order chi connectivity index (χ1) is 13.9. The molecule has 0 atom stereocenters. The van der Waals surface area contributed by atoms with Crippen molar-refractivity contribution in [2.24, 2.45) is 0 Å². The van der Waals surface area contributed by atoms with Crippen LogP contribution in [0.1, 0.15) is 21.6 Å². The van der Waals surface area contributed by atoms with E-state index < -0.39 is 5.91 Å². The third kappa shape index (κ3) is 5.32. The predicted molar refractivity (Wildman–Crippen MR) is 112 cm³/mol. The van der Waals surface area contributed by atoms with Gasteiger partial charge in [-0.3, -0.25) is 9.59 Å². The van der Waals surface area contributed by atoms with Crippen LogP contribution in [0, 0.1) is 6.92 Å². The summed E-state index contributed by atoms with van der Waals surface area (Å²) in [5.41, 5.74) is 8.52. The topological polar surface area (TPSA) is 115 Å². The lowest BCUT2D eigenvalue weighted by molar-refractivity contribution is -0.116. The molecular formula is C20H21ClN6O2. The van der Waals surface area contributed by atoms with Gasteiger partial charge in [0.25, 0.3) is 5.91 Å². The summed E-state index contributed by atoms with van der Waals surface area (Å²) in [6.45, 7) is 2.11. The number of nitrogens with one attached hydrogen (secondary N) is 2. The Labute approximate surface area is 173 Å². The van der Waals surface area contributed by atoms with Crippen LogP contribution in [0.2, 0.25) is 5.02 Å². The van der Waals surface area contributed by atoms with E-state index in [1.54, 1.807) is 18.2 Å². The van der Waals surface area contributed by atoms with Crippen LogP contribution in [0.3, 0.4) is 0 Å². The van der Waals surface area contributed by atoms with Crippen molar-refractivity contribution in [1.29, 1.82) is 0 Å². The molecule has 0 saturated heterocycles. The molecular weight excluding hydrogens is 392 g/mol. The number of aryl methyl sites for hydroxylation is 1. The Hall–Kier alpha value is -3.39. The van der Waals surface area contributed by atoms with Crippen molar-refractivity contribution < 1.29 is 9.59 Å². The van der Waals surface area contributed by atoms with Gasteiger partial charge in [-0.25, -0.2) is 4.68 Å². The number of carbonyl (C=O) groups is 2. The number of benzene rings is 2. The van der Waals surface area contributed by atoms with Gasteiger partial charge in [-0.2, -0.15) is 0 Å². The summed E-state index contributed by atoms with van der Waals surface area (Å²) >= 11 is 5.96. The maximum absolute atomic E-state index is 12.3. The molecule has 0 aliphatic rings. The number of hydrogen-bond donors (Lipinski definition) is 3. The van der Waals surface area contributed by atoms with Crippen molar-refractivity contribution in [3.63, 3.8) is 0 Å². The molecule has 0 fully saturated rings. The third-order valence-corrected chi connectivity index (χ3v) is 4.53. The summed E-state index contributed by atoms with van der Waals surface area (Å²) < 4.78 is 1.18. The maximum atomic E-state index is 12.3. The molecule has 9 heteroatoms. The van der Waals surface area contributed by atoms with E-state index in [1.807, 2.05) is 37.3 Å². The normalized spacial score (nSPS) is 10.6. The summed E-state index contributed by atoms with van der Waals surface area (Å²) in [5, 5.41) is 13.6. The zero-order valence-corrected chi connectivity index (χ0v) is 16.6. The first-order valence-electron chi connectivity index (χ1n) is 9.01. The van der Waals surface area contributed by atoms with Crippen LogP contribution in [0.25, 0.3) is 0 Å². The zero-order valence-electron chi connectivity index (χ0n) is 15.9. The second-order valence-electron chi connectivity index (χ2n) is 6.48. The highest BCUT2D eigenvalue weighted by Gasteiger charge is 2.19. The summed E-state index contributed by atoms with van der Waals surface area (Å²) in [5.74, 6) is -0.765. The number of rotatable bonds is 7. The van der Waals surface area contributed by atoms with Crippen LogP contribution in [-0.4, -0.2) is 33.4 Å². The fourth-order valence-electron chi connectivity index (χ4n) is 2.70. The minimum absolute atomic E-state index is 0.00945. The SMILES string of the molecule is Cc1ccc(Cl)cc1NC(=O)Cn1nnc(C(=O)NCCc2ccccc2)c1N. The quantitative estimate of drug-likeness (QED) is 0.551. The first kappa shape index (κ1) is 20.3. The summed E-state index contributed by atoms with van der Waals surface area (Å²) in [4.78, 5) is 24.6. The number of halogens is 1. The van der Waals surface area contributed by atoms with Crippen LogP contribution in [0.15, 0.2) is 48.5 Å². The Kier molecular flexibility index (Phi) is 6.46. The van der Waals surface area contributed by atoms with E-state index in [9.17, 15) is 9.59 Å². The smallest absolute Gasteiger partial charge is 0.275 e. The monoisotopic (exact) mass is 412 g/mol. The third-order valence-electron chi connectivity index (χ3n) is 4.30. The molecule has 1 heterocycles. The molecule has 2 amide bonds. The molecule has 0 aliphatic carbocycles. The molecule has 150 valence electrons. The Bertz CT molecular complexity index is 1020. The molecule has 1 aromatic heterocycles. The summed E-state index contributed by atoms with van der Waals surface area (Å²) in [6, 6.07) is 15.0. The Morgan fingerprint density at radius 1 is 1.17 bits per heavy atom. The number of carbonyl (C=O) groups excluding carboxylic acids is 2. The summed E-state index contributed by atoms with van der Waals surface area (Å²) in [7, 11) is 0. The Balaban J connectivity index is 1.57. The minimum Gasteiger partial charge on any atom is -0.382 e. The highest BCUT2D eigenvalue weighted by molar-refractivity contribution is 6.31. The van der Waals surface area contributed by atoms with Gasteiger partial charge in [-0.05, 0) is 36.6 Å². The molecule has 29 heavy (non-hydrogen) atoms. The number of nitrogens with two attached hydrogens (primary N) is 1. The second-order valence-corrected chi connectivity index (χ2v) is 6.92. The van der Waals surface area contributed by atoms with E-state index in [-0.39, 0.29) is 24.0 Å². The molecule has 8 nitrogen and oxygen atoms in total. The molecule has 0 radical (unpaired) electrons. The van der Waals surface area contributed by atoms with E-state index in [0.717, 1.165) is 11.1 Å². The van der Waals surface area contributed by atoms with E-state index in [0.29, 0.717) is 23.7 Å². The number of amides is 2. The first-order valence-corrected chi connectivity index (χ1v) is 9.39. The van der Waals surface area contributed by atoms with Gasteiger partial charge in [0.15, 0.2) is 11.5 Å². The number of nitrogens with zero attached hydrogens (tertiary/aromatic N) is 3. The number of nitrogen functional groups attached to an aromatic ring is 1. The van der Waals surface area contributed by atoms with Crippen molar-refractivity contribution in [2.45, 2.75) is 19.9 Å². The average Bonchev–Trinajstić information content (AvgIpc) is 3.06. The van der Waals surface area contributed by atoms with Gasteiger partial charge < -0.3 is 16.4 Å². The highest BCUT2D eigenvalue weighted by Crippen LogP contribution is 2.20. The number of anilines is 2. The van der Waals surface area contributed by atoms with Crippen molar-refractivity contribution >= 4 is 34.9 Å². The number of hydrogen-bond acceptors (Lipinski definition) is 5. The van der Waals surface area contributed by atoms with Crippen LogP contribution >= 0.6 is 11.6 Å². The minimum atomic E-state index is -0.434. The van der Waals surface area contributed by atoms with Gasteiger partial charge in [0.1, 0.15) is 6.54 Å². The fraction of sp³-hybridized carbons (Fsp3) is 0.200. The highest BCUT2D eigenvalue weighted by atomic mass is 35.5. The Morgan fingerprint density at radius 3 is 2.69 bits per heavy atom. The molecule has 0 unspecified atom stereocenters. The average molecular weight is 413 g/mol. The molecule has 4 N–H and O–H groups in total. The molecule has 0 bridgehead atoms. The van der Waals surface area contributed by atoms with E-state index in [2.05, 4.69) is 20.9 Å². The molecule has 3 aromatic rings. The zero-order chi connectivity index (χ0) is 20.8. The van der Waals surface area contributed by atoms with E-state index in [1.165, 1.54) is 4.68 Å². The van der Waals surface area contributed by atoms with Crippen LogP contribution in [0.5, 0.6) is 0 Å². The van der Waals surface area contributed by atoms with Crippen LogP contribution in [0.4, 0.5) is 11.5 Å². The predicted octanol–water partition coefficient (Wildman–Crippen LogP) is 2.43. The molecule has 3 rings (SSSR count).